The van der Waals surface area contributed by atoms with Crippen LogP contribution in [0, 0.1) is 10.1 Å². The van der Waals surface area contributed by atoms with Crippen molar-refractivity contribution in [3.63, 3.8) is 0 Å². The van der Waals surface area contributed by atoms with Gasteiger partial charge in [0.05, 0.1) is 27.8 Å². The Labute approximate surface area is 171 Å². The molecule has 26 heavy (non-hydrogen) atoms. The van der Waals surface area contributed by atoms with Crippen molar-refractivity contribution in [1.82, 2.24) is 5.32 Å². The highest BCUT2D eigenvalue weighted by Crippen LogP contribution is 2.33. The van der Waals surface area contributed by atoms with E-state index >= 15 is 0 Å². The minimum Gasteiger partial charge on any atom is -0.494 e. The number of nitro groups is 1. The van der Waals surface area contributed by atoms with E-state index in [4.69, 9.17) is 40.2 Å². The first kappa shape index (κ1) is 20.4. The van der Waals surface area contributed by atoms with Crippen LogP contribution in [-0.4, -0.2) is 23.1 Å². The quantitative estimate of drug-likeness (QED) is 0.372. The first-order chi connectivity index (χ1) is 12.2. The van der Waals surface area contributed by atoms with Gasteiger partial charge < -0.3 is 10.1 Å². The zero-order valence-electron chi connectivity index (χ0n) is 13.0. The van der Waals surface area contributed by atoms with Crippen LogP contribution < -0.4 is 15.4 Å². The number of amides is 1. The Bertz CT molecular complexity index is 887. The number of methoxy groups -OCH3 is 1. The second-order valence-corrected chi connectivity index (χ2v) is 6.88. The molecule has 2 aromatic rings. The number of hydrogen-bond donors (Lipinski definition) is 2. The summed E-state index contributed by atoms with van der Waals surface area (Å²) in [5.41, 5.74) is 0.555. The van der Waals surface area contributed by atoms with Crippen molar-refractivity contribution in [2.24, 2.45) is 0 Å². The van der Waals surface area contributed by atoms with Gasteiger partial charge in [-0.25, -0.2) is 0 Å². The molecule has 0 fully saturated rings. The van der Waals surface area contributed by atoms with Crippen LogP contribution in [0.15, 0.2) is 34.8 Å². The Kier molecular flexibility index (Phi) is 6.76. The van der Waals surface area contributed by atoms with Gasteiger partial charge in [-0.05, 0) is 46.3 Å². The highest BCUT2D eigenvalue weighted by molar-refractivity contribution is 9.10. The molecule has 11 heteroatoms. The fourth-order valence-corrected chi connectivity index (χ4v) is 3.24. The average Bonchev–Trinajstić information content (AvgIpc) is 2.56. The molecule has 0 aliphatic carbocycles. The van der Waals surface area contributed by atoms with Gasteiger partial charge in [-0.1, -0.05) is 23.2 Å². The molecule has 0 unspecified atom stereocenters. The molecule has 7 nitrogen and oxygen atoms in total. The Hall–Kier alpha value is -1.94. The highest BCUT2D eigenvalue weighted by Gasteiger charge is 2.15. The van der Waals surface area contributed by atoms with E-state index in [9.17, 15) is 14.9 Å². The van der Waals surface area contributed by atoms with E-state index in [2.05, 4.69) is 26.6 Å². The number of nitro benzene ring substituents is 1. The highest BCUT2D eigenvalue weighted by atomic mass is 79.9. The molecule has 0 radical (unpaired) electrons. The maximum atomic E-state index is 12.3. The Morgan fingerprint density at radius 3 is 2.38 bits per heavy atom. The summed E-state index contributed by atoms with van der Waals surface area (Å²) in [7, 11) is 1.41. The lowest BCUT2D eigenvalue weighted by Gasteiger charge is -2.12. The van der Waals surface area contributed by atoms with Crippen LogP contribution in [0.25, 0.3) is 0 Å². The first-order valence-corrected chi connectivity index (χ1v) is 8.78. The molecular weight excluding hydrogens is 469 g/mol. The summed E-state index contributed by atoms with van der Waals surface area (Å²) in [6, 6.07) is 6.87. The Morgan fingerprint density at radius 2 is 1.88 bits per heavy atom. The largest absolute Gasteiger partial charge is 0.494 e. The van der Waals surface area contributed by atoms with Crippen LogP contribution in [0.2, 0.25) is 10.0 Å². The van der Waals surface area contributed by atoms with Gasteiger partial charge in [0.1, 0.15) is 0 Å². The molecule has 0 aromatic heterocycles. The third-order valence-electron chi connectivity index (χ3n) is 3.10. The van der Waals surface area contributed by atoms with Gasteiger partial charge in [0, 0.05) is 22.2 Å². The van der Waals surface area contributed by atoms with Crippen LogP contribution in [0.1, 0.15) is 10.4 Å². The number of carbonyl (C=O) groups excluding carboxylic acids is 1. The number of benzene rings is 2. The number of anilines is 1. The molecule has 2 N–H and O–H groups in total. The summed E-state index contributed by atoms with van der Waals surface area (Å²) in [5, 5.41) is 16.3. The van der Waals surface area contributed by atoms with Gasteiger partial charge in [-0.2, -0.15) is 0 Å². The predicted octanol–water partition coefficient (Wildman–Crippen LogP) is 4.80. The second kappa shape index (κ2) is 8.63. The lowest BCUT2D eigenvalue weighted by Crippen LogP contribution is -2.34. The summed E-state index contributed by atoms with van der Waals surface area (Å²) < 4.78 is 5.44. The van der Waals surface area contributed by atoms with Crippen LogP contribution in [-0.2, 0) is 0 Å². The minimum atomic E-state index is -0.535. The lowest BCUT2D eigenvalue weighted by molar-refractivity contribution is -0.384. The topological polar surface area (TPSA) is 93.5 Å². The number of thiocarbonyl (C=S) groups is 1. The molecule has 0 atom stereocenters. The van der Waals surface area contributed by atoms with E-state index in [-0.39, 0.29) is 32.2 Å². The third-order valence-corrected chi connectivity index (χ3v) is 4.53. The van der Waals surface area contributed by atoms with Gasteiger partial charge >= 0.3 is 0 Å². The van der Waals surface area contributed by atoms with Crippen LogP contribution in [0.4, 0.5) is 11.4 Å². The molecule has 0 saturated heterocycles. The Balaban J connectivity index is 2.10. The maximum Gasteiger partial charge on any atom is 0.270 e. The number of ether oxygens (including phenoxy) is 1. The molecule has 0 aliphatic rings. The van der Waals surface area contributed by atoms with Crippen molar-refractivity contribution in [3.8, 4) is 5.75 Å². The zero-order valence-corrected chi connectivity index (χ0v) is 16.9. The normalized spacial score (nSPS) is 10.2. The first-order valence-electron chi connectivity index (χ1n) is 6.82. The minimum absolute atomic E-state index is 0.00684. The lowest BCUT2D eigenvalue weighted by atomic mass is 10.2. The van der Waals surface area contributed by atoms with Gasteiger partial charge in [0.2, 0.25) is 0 Å². The molecule has 136 valence electrons. The summed E-state index contributed by atoms with van der Waals surface area (Å²) in [5.74, 6) is -0.271. The fraction of sp³-hybridized carbons (Fsp3) is 0.0667. The van der Waals surface area contributed by atoms with Crippen molar-refractivity contribution in [3.05, 3.63) is 60.5 Å². The number of carbonyl (C=O) groups is 1. The number of nitrogens with zero attached hydrogens (tertiary/aromatic N) is 1. The summed E-state index contributed by atoms with van der Waals surface area (Å²) >= 11 is 20.3. The zero-order chi connectivity index (χ0) is 19.4. The fourth-order valence-electron chi connectivity index (χ4n) is 1.93. The van der Waals surface area contributed by atoms with E-state index in [1.165, 1.54) is 37.4 Å². The number of rotatable bonds is 4. The molecule has 1 amide bonds. The number of nitrogens with one attached hydrogen (secondary N) is 2. The number of non-ortho nitro benzene ring substituents is 1. The number of halogens is 3. The molecule has 0 spiro atoms. The average molecular weight is 479 g/mol. The van der Waals surface area contributed by atoms with Crippen molar-refractivity contribution < 1.29 is 14.5 Å². The molecule has 2 rings (SSSR count). The predicted molar refractivity (Wildman–Crippen MR) is 107 cm³/mol. The van der Waals surface area contributed by atoms with E-state index in [0.717, 1.165) is 0 Å². The van der Waals surface area contributed by atoms with Crippen molar-refractivity contribution in [1.29, 1.82) is 0 Å². The van der Waals surface area contributed by atoms with Crippen LogP contribution >= 0.6 is 51.3 Å². The van der Waals surface area contributed by atoms with E-state index in [1.54, 1.807) is 0 Å². The van der Waals surface area contributed by atoms with Crippen molar-refractivity contribution >= 4 is 73.7 Å². The van der Waals surface area contributed by atoms with Crippen molar-refractivity contribution in [2.75, 3.05) is 12.4 Å². The SMILES string of the molecule is COc1c(Cl)cc(C(=O)NC(=S)Nc2ccc([N+](=O)[O-])cc2Br)cc1Cl. The van der Waals surface area contributed by atoms with E-state index < -0.39 is 10.8 Å². The van der Waals surface area contributed by atoms with Gasteiger partial charge in [-0.15, -0.1) is 0 Å². The monoisotopic (exact) mass is 477 g/mol. The molecular formula is C15H10BrCl2N3O4S. The van der Waals surface area contributed by atoms with E-state index in [1.807, 2.05) is 0 Å². The number of hydrogen-bond acceptors (Lipinski definition) is 5. The van der Waals surface area contributed by atoms with E-state index in [0.29, 0.717) is 10.2 Å². The molecule has 0 bridgehead atoms. The van der Waals surface area contributed by atoms with Crippen LogP contribution in [0.3, 0.4) is 0 Å². The Morgan fingerprint density at radius 1 is 1.27 bits per heavy atom. The molecule has 0 aliphatic heterocycles. The summed E-state index contributed by atoms with van der Waals surface area (Å²) in [6.07, 6.45) is 0. The second-order valence-electron chi connectivity index (χ2n) is 4.80. The van der Waals surface area contributed by atoms with Gasteiger partial charge in [0.15, 0.2) is 10.9 Å². The molecule has 0 saturated carbocycles. The smallest absolute Gasteiger partial charge is 0.270 e. The van der Waals surface area contributed by atoms with Crippen LogP contribution in [0.5, 0.6) is 5.75 Å². The standard InChI is InChI=1S/C15H10BrCl2N3O4S/c1-25-13-10(17)4-7(5-11(13)18)14(22)20-15(26)19-12-3-2-8(21(23)24)6-9(12)16/h2-6H,1H3,(H2,19,20,22,26). The summed E-state index contributed by atoms with van der Waals surface area (Å²) in [6.45, 7) is 0. The van der Waals surface area contributed by atoms with Gasteiger partial charge in [-0.3, -0.25) is 20.2 Å². The van der Waals surface area contributed by atoms with Gasteiger partial charge in [0.25, 0.3) is 11.6 Å². The molecule has 2 aromatic carbocycles. The third kappa shape index (κ3) is 4.82. The summed E-state index contributed by atoms with van der Waals surface area (Å²) in [4.78, 5) is 22.5. The van der Waals surface area contributed by atoms with Crippen molar-refractivity contribution in [2.45, 2.75) is 0 Å². The molecule has 0 heterocycles. The maximum absolute atomic E-state index is 12.3.